The lowest BCUT2D eigenvalue weighted by atomic mass is 10.2. The fourth-order valence-corrected chi connectivity index (χ4v) is 4.01. The maximum atomic E-state index is 12.7. The van der Waals surface area contributed by atoms with Crippen molar-refractivity contribution in [3.05, 3.63) is 42.5 Å². The van der Waals surface area contributed by atoms with Gasteiger partial charge in [-0.05, 0) is 36.4 Å². The molecule has 8 nitrogen and oxygen atoms in total. The van der Waals surface area contributed by atoms with Crippen molar-refractivity contribution in [1.29, 1.82) is 0 Å². The number of nitrogens with zero attached hydrogens (tertiary/aromatic N) is 1. The summed E-state index contributed by atoms with van der Waals surface area (Å²) in [5.74, 6) is 0.938. The van der Waals surface area contributed by atoms with Gasteiger partial charge in [-0.2, -0.15) is 0 Å². The van der Waals surface area contributed by atoms with Gasteiger partial charge in [-0.3, -0.25) is 14.4 Å². The van der Waals surface area contributed by atoms with Crippen molar-refractivity contribution in [3.8, 4) is 17.2 Å². The first kappa shape index (κ1) is 19.1. The Morgan fingerprint density at radius 2 is 1.93 bits per heavy atom. The van der Waals surface area contributed by atoms with Crippen LogP contribution in [0.4, 0.5) is 11.4 Å². The van der Waals surface area contributed by atoms with Crippen molar-refractivity contribution in [1.82, 2.24) is 0 Å². The van der Waals surface area contributed by atoms with Crippen molar-refractivity contribution in [2.45, 2.75) is 11.7 Å². The molecule has 150 valence electrons. The van der Waals surface area contributed by atoms with Crippen molar-refractivity contribution in [3.63, 3.8) is 0 Å². The minimum absolute atomic E-state index is 0.0494. The van der Waals surface area contributed by atoms with E-state index in [4.69, 9.17) is 14.2 Å². The number of methoxy groups -OCH3 is 1. The van der Waals surface area contributed by atoms with Crippen LogP contribution in [0.2, 0.25) is 0 Å². The van der Waals surface area contributed by atoms with Crippen molar-refractivity contribution < 1.29 is 28.6 Å². The zero-order valence-electron chi connectivity index (χ0n) is 15.5. The van der Waals surface area contributed by atoms with Crippen LogP contribution in [0.25, 0.3) is 0 Å². The number of carbonyl (C=O) groups excluding carboxylic acids is 3. The molecule has 0 saturated carbocycles. The van der Waals surface area contributed by atoms with E-state index in [0.29, 0.717) is 28.6 Å². The molecule has 1 N–H and O–H groups in total. The summed E-state index contributed by atoms with van der Waals surface area (Å²) >= 11 is 1.15. The normalized spacial score (nSPS) is 17.6. The van der Waals surface area contributed by atoms with E-state index in [1.54, 1.807) is 49.6 Å². The van der Waals surface area contributed by atoms with Crippen molar-refractivity contribution >= 4 is 40.9 Å². The average molecular weight is 414 g/mol. The van der Waals surface area contributed by atoms with Gasteiger partial charge < -0.3 is 19.5 Å². The van der Waals surface area contributed by atoms with E-state index < -0.39 is 5.25 Å². The van der Waals surface area contributed by atoms with Gasteiger partial charge in [-0.1, -0.05) is 0 Å². The lowest BCUT2D eigenvalue weighted by Gasteiger charge is -2.15. The molecule has 4 rings (SSSR count). The molecule has 0 unspecified atom stereocenters. The number of rotatable bonds is 6. The largest absolute Gasteiger partial charge is 0.497 e. The van der Waals surface area contributed by atoms with Gasteiger partial charge in [-0.15, -0.1) is 11.8 Å². The first-order valence-electron chi connectivity index (χ1n) is 8.87. The molecule has 2 aromatic rings. The summed E-state index contributed by atoms with van der Waals surface area (Å²) in [7, 11) is 1.57. The van der Waals surface area contributed by atoms with Gasteiger partial charge in [0.2, 0.25) is 24.5 Å². The monoisotopic (exact) mass is 414 g/mol. The van der Waals surface area contributed by atoms with E-state index in [-0.39, 0.29) is 36.7 Å². The van der Waals surface area contributed by atoms with Crippen LogP contribution in [-0.4, -0.2) is 42.6 Å². The number of ether oxygens (including phenoxy) is 3. The molecule has 1 saturated heterocycles. The number of nitrogens with one attached hydrogen (secondary N) is 1. The highest BCUT2D eigenvalue weighted by Gasteiger charge is 2.40. The maximum Gasteiger partial charge on any atom is 0.247 e. The van der Waals surface area contributed by atoms with E-state index in [2.05, 4.69) is 5.32 Å². The Hall–Kier alpha value is -3.20. The molecule has 9 heteroatoms. The van der Waals surface area contributed by atoms with E-state index >= 15 is 0 Å². The lowest BCUT2D eigenvalue weighted by molar-refractivity contribution is -0.121. The zero-order chi connectivity index (χ0) is 20.4. The number of hydrogen-bond acceptors (Lipinski definition) is 7. The first-order valence-corrected chi connectivity index (χ1v) is 9.92. The molecule has 3 amide bonds. The summed E-state index contributed by atoms with van der Waals surface area (Å²) in [4.78, 5) is 38.5. The molecule has 1 fully saturated rings. The summed E-state index contributed by atoms with van der Waals surface area (Å²) in [6.45, 7) is 0.114. The molecule has 29 heavy (non-hydrogen) atoms. The Morgan fingerprint density at radius 3 is 2.69 bits per heavy atom. The van der Waals surface area contributed by atoms with Crippen LogP contribution in [0, 0.1) is 0 Å². The van der Waals surface area contributed by atoms with Crippen LogP contribution in [-0.2, 0) is 14.4 Å². The quantitative estimate of drug-likeness (QED) is 0.726. The Balaban J connectivity index is 1.35. The van der Waals surface area contributed by atoms with Crippen LogP contribution < -0.4 is 24.4 Å². The van der Waals surface area contributed by atoms with Crippen LogP contribution in [0.15, 0.2) is 42.5 Å². The smallest absolute Gasteiger partial charge is 0.247 e. The Kier molecular flexibility index (Phi) is 5.30. The summed E-state index contributed by atoms with van der Waals surface area (Å²) in [6.07, 6.45) is 0.0494. The Labute approximate surface area is 171 Å². The number of fused-ring (bicyclic) bond motifs is 1. The minimum atomic E-state index is -0.602. The molecule has 0 aromatic heterocycles. The number of amides is 3. The third-order valence-corrected chi connectivity index (χ3v) is 5.71. The van der Waals surface area contributed by atoms with Gasteiger partial charge in [0.25, 0.3) is 0 Å². The summed E-state index contributed by atoms with van der Waals surface area (Å²) in [5.41, 5.74) is 1.07. The van der Waals surface area contributed by atoms with Crippen LogP contribution in [0.1, 0.15) is 6.42 Å². The van der Waals surface area contributed by atoms with E-state index in [0.717, 1.165) is 16.7 Å². The van der Waals surface area contributed by atoms with Gasteiger partial charge in [0, 0.05) is 18.2 Å². The topological polar surface area (TPSA) is 94.2 Å². The van der Waals surface area contributed by atoms with Gasteiger partial charge in [-0.25, -0.2) is 4.90 Å². The van der Waals surface area contributed by atoms with Crippen molar-refractivity contribution in [2.24, 2.45) is 0 Å². The predicted molar refractivity (Wildman–Crippen MR) is 108 cm³/mol. The van der Waals surface area contributed by atoms with Crippen LogP contribution >= 0.6 is 11.8 Å². The molecule has 0 spiro atoms. The highest BCUT2D eigenvalue weighted by atomic mass is 32.2. The molecule has 2 aliphatic rings. The number of thioether (sulfide) groups is 1. The van der Waals surface area contributed by atoms with Gasteiger partial charge in [0.1, 0.15) is 5.75 Å². The third-order valence-electron chi connectivity index (χ3n) is 4.51. The summed E-state index contributed by atoms with van der Waals surface area (Å²) in [6, 6.07) is 11.9. The highest BCUT2D eigenvalue weighted by Crippen LogP contribution is 2.38. The molecular weight excluding hydrogens is 396 g/mol. The number of carbonyl (C=O) groups is 3. The Bertz CT molecular complexity index is 962. The molecule has 0 aliphatic carbocycles. The molecular formula is C20H18N2O6S. The molecule has 2 aromatic carbocycles. The number of imide groups is 1. The van der Waals surface area contributed by atoms with Gasteiger partial charge >= 0.3 is 0 Å². The molecule has 0 radical (unpaired) electrons. The van der Waals surface area contributed by atoms with Crippen molar-refractivity contribution in [2.75, 3.05) is 29.9 Å². The minimum Gasteiger partial charge on any atom is -0.497 e. The average Bonchev–Trinajstić information content (AvgIpc) is 3.30. The number of hydrogen-bond donors (Lipinski definition) is 1. The second-order valence-electron chi connectivity index (χ2n) is 6.39. The molecule has 0 bridgehead atoms. The highest BCUT2D eigenvalue weighted by molar-refractivity contribution is 8.01. The first-order chi connectivity index (χ1) is 14.0. The predicted octanol–water partition coefficient (Wildman–Crippen LogP) is 2.43. The second-order valence-corrected chi connectivity index (χ2v) is 7.58. The van der Waals surface area contributed by atoms with Gasteiger partial charge in [0.05, 0.1) is 23.8 Å². The van der Waals surface area contributed by atoms with Gasteiger partial charge in [0.15, 0.2) is 11.5 Å². The zero-order valence-corrected chi connectivity index (χ0v) is 16.4. The van der Waals surface area contributed by atoms with Crippen LogP contribution in [0.3, 0.4) is 0 Å². The summed E-state index contributed by atoms with van der Waals surface area (Å²) < 4.78 is 15.6. The number of anilines is 2. The van der Waals surface area contributed by atoms with E-state index in [1.807, 2.05) is 0 Å². The fourth-order valence-electron chi connectivity index (χ4n) is 3.08. The van der Waals surface area contributed by atoms with Crippen LogP contribution in [0.5, 0.6) is 17.2 Å². The number of benzene rings is 2. The molecule has 2 heterocycles. The standard InChI is InChI=1S/C20H18N2O6S/c1-26-14-5-2-12(3-6-14)21-18(23)10-29-17-9-19(24)22(20(17)25)13-4-7-15-16(8-13)28-11-27-15/h2-8,17H,9-11H2,1H3,(H,21,23)/t17-/m1/s1. The molecule has 2 aliphatic heterocycles. The summed E-state index contributed by atoms with van der Waals surface area (Å²) in [5, 5.41) is 2.16. The SMILES string of the molecule is COc1ccc(NC(=O)CS[C@@H]2CC(=O)N(c3ccc4c(c3)OCO4)C2=O)cc1. The van der Waals surface area contributed by atoms with E-state index in [1.165, 1.54) is 0 Å². The maximum absolute atomic E-state index is 12.7. The van der Waals surface area contributed by atoms with E-state index in [9.17, 15) is 14.4 Å². The lowest BCUT2D eigenvalue weighted by Crippen LogP contribution is -2.31. The fraction of sp³-hybridized carbons (Fsp3) is 0.250. The molecule has 1 atom stereocenters. The third kappa shape index (κ3) is 4.00. The second kappa shape index (κ2) is 8.04. The Morgan fingerprint density at radius 1 is 1.17 bits per heavy atom.